The molecule has 9 nitrogen and oxygen atoms in total. The van der Waals surface area contributed by atoms with Crippen LogP contribution >= 0.6 is 0 Å². The summed E-state index contributed by atoms with van der Waals surface area (Å²) in [7, 11) is 0. The van der Waals surface area contributed by atoms with Crippen LogP contribution in [0.3, 0.4) is 0 Å². The third kappa shape index (κ3) is 5.69. The van der Waals surface area contributed by atoms with Gasteiger partial charge in [-0.2, -0.15) is 0 Å². The van der Waals surface area contributed by atoms with Gasteiger partial charge in [0.15, 0.2) is 0 Å². The summed E-state index contributed by atoms with van der Waals surface area (Å²) < 4.78 is 8.02. The van der Waals surface area contributed by atoms with Gasteiger partial charge in [-0.15, -0.1) is 0 Å². The first-order valence-electron chi connectivity index (χ1n) is 13.1. The minimum absolute atomic E-state index is 0.0486. The number of amides is 1. The highest BCUT2D eigenvalue weighted by molar-refractivity contribution is 5.78. The Morgan fingerprint density at radius 3 is 2.46 bits per heavy atom. The number of rotatable bonds is 8. The normalized spacial score (nSPS) is 17.1. The number of aryl methyl sites for hydroxylation is 1. The number of aliphatic hydroxyl groups excluding tert-OH is 1. The van der Waals surface area contributed by atoms with Gasteiger partial charge in [0.1, 0.15) is 0 Å². The van der Waals surface area contributed by atoms with E-state index >= 15 is 0 Å². The Morgan fingerprint density at radius 2 is 1.65 bits per heavy atom. The number of carbonyl (C=O) groups excluding carboxylic acids is 1. The molecule has 1 fully saturated rings. The quantitative estimate of drug-likeness (QED) is 0.494. The molecule has 0 aliphatic carbocycles. The fourth-order valence-corrected chi connectivity index (χ4v) is 5.38. The van der Waals surface area contributed by atoms with Crippen LogP contribution in [-0.4, -0.2) is 75.4 Å². The van der Waals surface area contributed by atoms with Crippen molar-refractivity contribution in [2.45, 2.75) is 45.0 Å². The molecule has 0 saturated carbocycles. The monoisotopic (exact) mass is 506 g/mol. The van der Waals surface area contributed by atoms with Crippen molar-refractivity contribution in [3.05, 3.63) is 80.5 Å². The van der Waals surface area contributed by atoms with E-state index in [1.54, 1.807) is 33.7 Å². The molecular weight excluding hydrogens is 472 g/mol. The Balaban J connectivity index is 1.31. The first kappa shape index (κ1) is 25.4. The van der Waals surface area contributed by atoms with Gasteiger partial charge >= 0.3 is 5.69 Å². The lowest BCUT2D eigenvalue weighted by Crippen LogP contribution is -2.45. The van der Waals surface area contributed by atoms with E-state index in [1.165, 1.54) is 11.1 Å². The summed E-state index contributed by atoms with van der Waals surface area (Å²) in [4.78, 5) is 43.2. The molecule has 0 spiro atoms. The van der Waals surface area contributed by atoms with Gasteiger partial charge in [-0.3, -0.25) is 23.6 Å². The minimum Gasteiger partial charge on any atom is -0.390 e. The maximum atomic E-state index is 13.5. The second kappa shape index (κ2) is 11.4. The minimum atomic E-state index is -0.867. The molecule has 1 N–H and O–H groups in total. The molecule has 2 aromatic carbocycles. The molecule has 1 atom stereocenters. The molecule has 1 aromatic heterocycles. The maximum absolute atomic E-state index is 13.5. The molecule has 0 radical (unpaired) electrons. The van der Waals surface area contributed by atoms with Crippen LogP contribution in [0.5, 0.6) is 0 Å². The molecule has 2 aliphatic rings. The van der Waals surface area contributed by atoms with Crippen LogP contribution in [0, 0.1) is 0 Å². The van der Waals surface area contributed by atoms with Crippen LogP contribution in [0.4, 0.5) is 0 Å². The number of nitrogens with zero attached hydrogens (tertiary/aromatic N) is 4. The second-order valence-electron chi connectivity index (χ2n) is 9.87. The third-order valence-electron chi connectivity index (χ3n) is 7.34. The summed E-state index contributed by atoms with van der Waals surface area (Å²) in [6.45, 7) is 4.45. The van der Waals surface area contributed by atoms with Gasteiger partial charge in [-0.1, -0.05) is 36.4 Å². The summed E-state index contributed by atoms with van der Waals surface area (Å²) in [5.41, 5.74) is 2.27. The fourth-order valence-electron chi connectivity index (χ4n) is 5.38. The lowest BCUT2D eigenvalue weighted by molar-refractivity contribution is -0.135. The van der Waals surface area contributed by atoms with Gasteiger partial charge in [0.05, 0.1) is 36.8 Å². The van der Waals surface area contributed by atoms with Gasteiger partial charge in [-0.25, -0.2) is 4.79 Å². The summed E-state index contributed by atoms with van der Waals surface area (Å²) in [6.07, 6.45) is 0.843. The van der Waals surface area contributed by atoms with E-state index in [2.05, 4.69) is 17.0 Å². The number of hydrogen-bond donors (Lipinski definition) is 1. The number of aliphatic hydroxyl groups is 1. The molecule has 9 heteroatoms. The third-order valence-corrected chi connectivity index (χ3v) is 7.34. The van der Waals surface area contributed by atoms with Crippen molar-refractivity contribution in [1.29, 1.82) is 0 Å². The number of hydrogen-bond acceptors (Lipinski definition) is 6. The Bertz CT molecular complexity index is 1370. The predicted molar refractivity (Wildman–Crippen MR) is 141 cm³/mol. The number of ether oxygens (including phenoxy) is 1. The van der Waals surface area contributed by atoms with Crippen molar-refractivity contribution >= 4 is 16.8 Å². The molecule has 1 unspecified atom stereocenters. The van der Waals surface area contributed by atoms with E-state index < -0.39 is 17.4 Å². The number of fused-ring (bicyclic) bond motifs is 2. The standard InChI is InChI=1S/C28H34N4O5/c33-23(19-29-13-11-21-6-1-2-7-22(21)18-29)20-32-27(35)24-8-3-4-9-25(24)31(28(32)36)12-5-10-26(34)30-14-16-37-17-15-30/h1-4,6-9,23,33H,5,10-20H2. The highest BCUT2D eigenvalue weighted by Gasteiger charge is 2.21. The number of para-hydroxylation sites is 1. The topological polar surface area (TPSA) is 97.0 Å². The van der Waals surface area contributed by atoms with Crippen LogP contribution in [0.1, 0.15) is 24.0 Å². The number of aromatic nitrogens is 2. The van der Waals surface area contributed by atoms with Crippen LogP contribution in [0.25, 0.3) is 10.9 Å². The fraction of sp³-hybridized carbons (Fsp3) is 0.464. The number of β-amino-alcohol motifs (C(OH)–C–C–N with tert-alkyl or cyclic N) is 1. The molecule has 3 heterocycles. The van der Waals surface area contributed by atoms with Gasteiger partial charge in [0, 0.05) is 45.7 Å². The number of carbonyl (C=O) groups is 1. The van der Waals surface area contributed by atoms with E-state index in [1.807, 2.05) is 12.1 Å². The summed E-state index contributed by atoms with van der Waals surface area (Å²) in [6, 6.07) is 15.3. The van der Waals surface area contributed by atoms with Crippen molar-refractivity contribution in [3.8, 4) is 0 Å². The van der Waals surface area contributed by atoms with Gasteiger partial charge < -0.3 is 14.7 Å². The average Bonchev–Trinajstić information content (AvgIpc) is 2.93. The molecule has 2 aliphatic heterocycles. The van der Waals surface area contributed by atoms with Crippen molar-refractivity contribution in [1.82, 2.24) is 18.9 Å². The van der Waals surface area contributed by atoms with E-state index in [-0.39, 0.29) is 12.5 Å². The molecule has 5 rings (SSSR count). The molecule has 196 valence electrons. The SMILES string of the molecule is O=C(CCCn1c(=O)n(CC(O)CN2CCc3ccccc3C2)c(=O)c2ccccc21)N1CCOCC1. The van der Waals surface area contributed by atoms with E-state index in [0.29, 0.717) is 63.1 Å². The van der Waals surface area contributed by atoms with Crippen molar-refractivity contribution in [3.63, 3.8) is 0 Å². The first-order valence-corrected chi connectivity index (χ1v) is 13.1. The Labute approximate surface area is 215 Å². The number of benzene rings is 2. The predicted octanol–water partition coefficient (Wildman–Crippen LogP) is 1.22. The van der Waals surface area contributed by atoms with Crippen LogP contribution in [0.2, 0.25) is 0 Å². The van der Waals surface area contributed by atoms with Gasteiger partial charge in [0.2, 0.25) is 5.91 Å². The largest absolute Gasteiger partial charge is 0.390 e. The van der Waals surface area contributed by atoms with Gasteiger partial charge in [-0.05, 0) is 36.1 Å². The summed E-state index contributed by atoms with van der Waals surface area (Å²) in [5, 5.41) is 11.3. The van der Waals surface area contributed by atoms with Gasteiger partial charge in [0.25, 0.3) is 5.56 Å². The van der Waals surface area contributed by atoms with Crippen molar-refractivity contribution in [2.24, 2.45) is 0 Å². The molecule has 1 saturated heterocycles. The van der Waals surface area contributed by atoms with E-state index in [9.17, 15) is 19.5 Å². The zero-order valence-corrected chi connectivity index (χ0v) is 21.1. The van der Waals surface area contributed by atoms with Crippen LogP contribution < -0.4 is 11.2 Å². The van der Waals surface area contributed by atoms with E-state index in [0.717, 1.165) is 24.1 Å². The Hall–Kier alpha value is -3.27. The lowest BCUT2D eigenvalue weighted by atomic mass is 10.00. The Morgan fingerprint density at radius 1 is 0.919 bits per heavy atom. The van der Waals surface area contributed by atoms with Crippen LogP contribution in [0.15, 0.2) is 58.1 Å². The molecular formula is C28H34N4O5. The molecule has 1 amide bonds. The second-order valence-corrected chi connectivity index (χ2v) is 9.87. The summed E-state index contributed by atoms with van der Waals surface area (Å²) in [5.74, 6) is 0.0486. The summed E-state index contributed by atoms with van der Waals surface area (Å²) >= 11 is 0. The van der Waals surface area contributed by atoms with Crippen molar-refractivity contribution < 1.29 is 14.6 Å². The average molecular weight is 507 g/mol. The van der Waals surface area contributed by atoms with Crippen molar-refractivity contribution in [2.75, 3.05) is 39.4 Å². The first-order chi connectivity index (χ1) is 18.0. The smallest absolute Gasteiger partial charge is 0.331 e. The molecule has 37 heavy (non-hydrogen) atoms. The highest BCUT2D eigenvalue weighted by atomic mass is 16.5. The van der Waals surface area contributed by atoms with Crippen LogP contribution in [-0.2, 0) is 35.6 Å². The number of morpholine rings is 1. The molecule has 0 bridgehead atoms. The zero-order chi connectivity index (χ0) is 25.8. The Kier molecular flexibility index (Phi) is 7.83. The lowest BCUT2D eigenvalue weighted by Gasteiger charge is -2.30. The highest BCUT2D eigenvalue weighted by Crippen LogP contribution is 2.18. The maximum Gasteiger partial charge on any atom is 0.331 e. The van der Waals surface area contributed by atoms with E-state index in [4.69, 9.17) is 4.74 Å². The molecule has 3 aromatic rings. The zero-order valence-electron chi connectivity index (χ0n) is 21.1.